The molecule has 0 aliphatic heterocycles. The first-order chi connectivity index (χ1) is 9.41. The van der Waals surface area contributed by atoms with E-state index in [2.05, 4.69) is 5.32 Å². The molecule has 0 spiro atoms. The second kappa shape index (κ2) is 5.33. The molecular formula is C16H17FN2O. The lowest BCUT2D eigenvalue weighted by atomic mass is 9.83. The van der Waals surface area contributed by atoms with E-state index in [0.29, 0.717) is 11.4 Å². The maximum atomic E-state index is 13.2. The highest BCUT2D eigenvalue weighted by atomic mass is 19.1. The Hall–Kier alpha value is -2.36. The summed E-state index contributed by atoms with van der Waals surface area (Å²) in [6.07, 6.45) is 0. The number of nitrogens with one attached hydrogen (secondary N) is 1. The first-order valence-electron chi connectivity index (χ1n) is 6.33. The predicted molar refractivity (Wildman–Crippen MR) is 78.9 cm³/mol. The Morgan fingerprint density at radius 3 is 2.45 bits per heavy atom. The van der Waals surface area contributed by atoms with Gasteiger partial charge in [-0.15, -0.1) is 0 Å². The molecule has 3 nitrogen and oxygen atoms in total. The Morgan fingerprint density at radius 2 is 1.80 bits per heavy atom. The van der Waals surface area contributed by atoms with Crippen molar-refractivity contribution < 1.29 is 9.18 Å². The van der Waals surface area contributed by atoms with Crippen molar-refractivity contribution in [1.29, 1.82) is 0 Å². The molecule has 2 rings (SSSR count). The number of nitrogens with two attached hydrogens (primary N) is 1. The maximum Gasteiger partial charge on any atom is 0.234 e. The first kappa shape index (κ1) is 14.1. The Kier molecular flexibility index (Phi) is 3.74. The summed E-state index contributed by atoms with van der Waals surface area (Å²) in [5.41, 5.74) is 6.51. The quantitative estimate of drug-likeness (QED) is 0.842. The van der Waals surface area contributed by atoms with Gasteiger partial charge in [0.05, 0.1) is 16.8 Å². The molecule has 2 aromatic carbocycles. The Bertz CT molecular complexity index is 624. The minimum absolute atomic E-state index is 0.235. The summed E-state index contributed by atoms with van der Waals surface area (Å²) in [6, 6.07) is 13.3. The van der Waals surface area contributed by atoms with Crippen molar-refractivity contribution in [3.63, 3.8) is 0 Å². The van der Waals surface area contributed by atoms with Gasteiger partial charge in [0.15, 0.2) is 0 Å². The predicted octanol–water partition coefficient (Wildman–Crippen LogP) is 3.32. The van der Waals surface area contributed by atoms with Crippen molar-refractivity contribution in [2.75, 3.05) is 11.1 Å². The van der Waals surface area contributed by atoms with Crippen molar-refractivity contribution in [2.45, 2.75) is 19.3 Å². The molecule has 0 heterocycles. The van der Waals surface area contributed by atoms with Crippen LogP contribution < -0.4 is 11.1 Å². The van der Waals surface area contributed by atoms with E-state index in [1.807, 2.05) is 44.2 Å². The molecule has 0 fully saturated rings. The molecule has 20 heavy (non-hydrogen) atoms. The average Bonchev–Trinajstić information content (AvgIpc) is 2.43. The number of rotatable bonds is 3. The third-order valence-electron chi connectivity index (χ3n) is 3.33. The Morgan fingerprint density at radius 1 is 1.15 bits per heavy atom. The van der Waals surface area contributed by atoms with E-state index in [1.165, 1.54) is 18.2 Å². The number of amides is 1. The van der Waals surface area contributed by atoms with E-state index >= 15 is 0 Å². The summed E-state index contributed by atoms with van der Waals surface area (Å²) < 4.78 is 13.2. The average molecular weight is 272 g/mol. The number of carbonyl (C=O) groups is 1. The van der Waals surface area contributed by atoms with E-state index in [9.17, 15) is 9.18 Å². The summed E-state index contributed by atoms with van der Waals surface area (Å²) in [6.45, 7) is 3.63. The molecule has 0 atom stereocenters. The summed E-state index contributed by atoms with van der Waals surface area (Å²) in [5.74, 6) is -0.673. The van der Waals surface area contributed by atoms with E-state index in [1.54, 1.807) is 0 Å². The van der Waals surface area contributed by atoms with Crippen LogP contribution in [0.15, 0.2) is 48.5 Å². The zero-order chi connectivity index (χ0) is 14.8. The molecule has 104 valence electrons. The van der Waals surface area contributed by atoms with Crippen LogP contribution in [0.3, 0.4) is 0 Å². The summed E-state index contributed by atoms with van der Waals surface area (Å²) in [5, 5.41) is 2.69. The maximum absolute atomic E-state index is 13.2. The van der Waals surface area contributed by atoms with Crippen LogP contribution in [0.5, 0.6) is 0 Å². The third kappa shape index (κ3) is 2.79. The van der Waals surface area contributed by atoms with Crippen LogP contribution in [-0.4, -0.2) is 5.91 Å². The topological polar surface area (TPSA) is 55.1 Å². The van der Waals surface area contributed by atoms with Gasteiger partial charge in [0, 0.05) is 0 Å². The highest BCUT2D eigenvalue weighted by Gasteiger charge is 2.29. The van der Waals surface area contributed by atoms with Crippen LogP contribution in [0.2, 0.25) is 0 Å². The molecule has 0 radical (unpaired) electrons. The highest BCUT2D eigenvalue weighted by Crippen LogP contribution is 2.27. The molecule has 0 saturated carbocycles. The van der Waals surface area contributed by atoms with E-state index in [-0.39, 0.29) is 5.91 Å². The standard InChI is InChI=1S/C16H17FN2O/c1-16(2,11-6-4-3-5-7-11)15(20)19-14-10-12(17)8-9-13(14)18/h3-10H,18H2,1-2H3,(H,19,20). The van der Waals surface area contributed by atoms with Crippen molar-refractivity contribution in [1.82, 2.24) is 0 Å². The van der Waals surface area contributed by atoms with E-state index < -0.39 is 11.2 Å². The lowest BCUT2D eigenvalue weighted by molar-refractivity contribution is -0.120. The molecule has 0 bridgehead atoms. The number of anilines is 2. The highest BCUT2D eigenvalue weighted by molar-refractivity contribution is 6.00. The SMILES string of the molecule is CC(C)(C(=O)Nc1cc(F)ccc1N)c1ccccc1. The number of halogens is 1. The molecule has 3 N–H and O–H groups in total. The van der Waals surface area contributed by atoms with Gasteiger partial charge >= 0.3 is 0 Å². The number of nitrogen functional groups attached to an aromatic ring is 1. The molecule has 0 unspecified atom stereocenters. The molecular weight excluding hydrogens is 255 g/mol. The fourth-order valence-corrected chi connectivity index (χ4v) is 1.90. The van der Waals surface area contributed by atoms with Crippen LogP contribution in [0, 0.1) is 5.82 Å². The van der Waals surface area contributed by atoms with Gasteiger partial charge in [0.1, 0.15) is 5.82 Å². The monoisotopic (exact) mass is 272 g/mol. The molecule has 0 aliphatic rings. The summed E-state index contributed by atoms with van der Waals surface area (Å²) in [4.78, 5) is 12.4. The smallest absolute Gasteiger partial charge is 0.234 e. The number of benzene rings is 2. The van der Waals surface area contributed by atoms with E-state index in [4.69, 9.17) is 5.73 Å². The number of hydrogen-bond acceptors (Lipinski definition) is 2. The van der Waals surface area contributed by atoms with Crippen LogP contribution >= 0.6 is 0 Å². The fourth-order valence-electron chi connectivity index (χ4n) is 1.90. The number of hydrogen-bond donors (Lipinski definition) is 2. The zero-order valence-electron chi connectivity index (χ0n) is 11.5. The van der Waals surface area contributed by atoms with Crippen LogP contribution in [-0.2, 0) is 10.2 Å². The molecule has 1 amide bonds. The zero-order valence-corrected chi connectivity index (χ0v) is 11.5. The van der Waals surface area contributed by atoms with Crippen molar-refractivity contribution >= 4 is 17.3 Å². The van der Waals surface area contributed by atoms with Gasteiger partial charge < -0.3 is 11.1 Å². The summed E-state index contributed by atoms with van der Waals surface area (Å²) >= 11 is 0. The second-order valence-corrected chi connectivity index (χ2v) is 5.18. The van der Waals surface area contributed by atoms with Gasteiger partial charge in [-0.25, -0.2) is 4.39 Å². The van der Waals surface area contributed by atoms with Crippen molar-refractivity contribution in [2.24, 2.45) is 0 Å². The van der Waals surface area contributed by atoms with Gasteiger partial charge in [0.2, 0.25) is 5.91 Å². The Balaban J connectivity index is 2.26. The molecule has 0 aromatic heterocycles. The minimum Gasteiger partial charge on any atom is -0.397 e. The molecule has 4 heteroatoms. The van der Waals surface area contributed by atoms with Gasteiger partial charge in [-0.1, -0.05) is 30.3 Å². The van der Waals surface area contributed by atoms with E-state index in [0.717, 1.165) is 5.56 Å². The van der Waals surface area contributed by atoms with Crippen LogP contribution in [0.25, 0.3) is 0 Å². The largest absolute Gasteiger partial charge is 0.397 e. The molecule has 0 aliphatic carbocycles. The van der Waals surface area contributed by atoms with Crippen LogP contribution in [0.1, 0.15) is 19.4 Å². The third-order valence-corrected chi connectivity index (χ3v) is 3.33. The fraction of sp³-hybridized carbons (Fsp3) is 0.188. The van der Waals surface area contributed by atoms with Gasteiger partial charge in [-0.2, -0.15) is 0 Å². The first-order valence-corrected chi connectivity index (χ1v) is 6.33. The molecule has 2 aromatic rings. The second-order valence-electron chi connectivity index (χ2n) is 5.18. The van der Waals surface area contributed by atoms with Crippen molar-refractivity contribution in [3.05, 3.63) is 59.9 Å². The Labute approximate surface area is 117 Å². The van der Waals surface area contributed by atoms with Gasteiger partial charge in [-0.3, -0.25) is 4.79 Å². The number of carbonyl (C=O) groups excluding carboxylic acids is 1. The van der Waals surface area contributed by atoms with Crippen molar-refractivity contribution in [3.8, 4) is 0 Å². The minimum atomic E-state index is -0.736. The van der Waals surface area contributed by atoms with Gasteiger partial charge in [-0.05, 0) is 37.6 Å². The van der Waals surface area contributed by atoms with Gasteiger partial charge in [0.25, 0.3) is 0 Å². The molecule has 0 saturated heterocycles. The van der Waals surface area contributed by atoms with Crippen LogP contribution in [0.4, 0.5) is 15.8 Å². The lowest BCUT2D eigenvalue weighted by Gasteiger charge is -2.24. The summed E-state index contributed by atoms with van der Waals surface area (Å²) in [7, 11) is 0. The lowest BCUT2D eigenvalue weighted by Crippen LogP contribution is -2.34. The normalized spacial score (nSPS) is 11.2.